The second kappa shape index (κ2) is 6.60. The molecule has 1 heterocycles. The van der Waals surface area contributed by atoms with Gasteiger partial charge in [0.1, 0.15) is 6.04 Å². The standard InChI is InChI=1S/C20H18ClNO5/c1-10(20(26)27-9-15(23)11-4-6-14(21)7-5-11)22-18(24)16-12-2-3-13(8-12)17(16)19(22)25/h2-7,10,12-13,16-17H,8-9H2,1H3/t10-,12-,13+,16+,17-/m0/s1. The number of nitrogens with zero attached hydrogens (tertiary/aromatic N) is 1. The van der Waals surface area contributed by atoms with E-state index in [4.69, 9.17) is 16.3 Å². The average molecular weight is 388 g/mol. The number of carbonyl (C=O) groups is 4. The van der Waals surface area contributed by atoms with E-state index in [-0.39, 0.29) is 41.3 Å². The Morgan fingerprint density at radius 3 is 2.22 bits per heavy atom. The van der Waals surface area contributed by atoms with Crippen LogP contribution in [0, 0.1) is 23.7 Å². The Morgan fingerprint density at radius 2 is 1.67 bits per heavy atom. The summed E-state index contributed by atoms with van der Waals surface area (Å²) < 4.78 is 5.07. The number of ether oxygens (including phenoxy) is 1. The topological polar surface area (TPSA) is 80.8 Å². The highest BCUT2D eigenvalue weighted by atomic mass is 35.5. The molecule has 3 aliphatic rings. The van der Waals surface area contributed by atoms with Gasteiger partial charge in [0.2, 0.25) is 11.8 Å². The van der Waals surface area contributed by atoms with Gasteiger partial charge in [-0.25, -0.2) is 4.79 Å². The number of allylic oxidation sites excluding steroid dienone is 2. The van der Waals surface area contributed by atoms with Gasteiger partial charge in [-0.2, -0.15) is 0 Å². The highest BCUT2D eigenvalue weighted by Crippen LogP contribution is 2.52. The van der Waals surface area contributed by atoms with Crippen molar-refractivity contribution in [2.75, 3.05) is 6.61 Å². The van der Waals surface area contributed by atoms with Crippen molar-refractivity contribution in [3.05, 3.63) is 47.0 Å². The summed E-state index contributed by atoms with van der Waals surface area (Å²) in [6.45, 7) is 1.00. The van der Waals surface area contributed by atoms with Crippen molar-refractivity contribution in [1.82, 2.24) is 4.90 Å². The van der Waals surface area contributed by atoms with Crippen LogP contribution in [0.4, 0.5) is 0 Å². The van der Waals surface area contributed by atoms with Crippen LogP contribution in [0.5, 0.6) is 0 Å². The van der Waals surface area contributed by atoms with Gasteiger partial charge in [-0.1, -0.05) is 23.8 Å². The van der Waals surface area contributed by atoms with E-state index in [1.54, 1.807) is 24.3 Å². The highest BCUT2D eigenvalue weighted by Gasteiger charge is 2.60. The Hall–Kier alpha value is -2.47. The first-order chi connectivity index (χ1) is 12.9. The summed E-state index contributed by atoms with van der Waals surface area (Å²) in [5, 5.41) is 0.497. The first-order valence-corrected chi connectivity index (χ1v) is 9.27. The smallest absolute Gasteiger partial charge is 0.329 e. The molecular formula is C20H18ClNO5. The van der Waals surface area contributed by atoms with Crippen molar-refractivity contribution in [3.8, 4) is 0 Å². The van der Waals surface area contributed by atoms with Gasteiger partial charge in [0.25, 0.3) is 0 Å². The lowest BCUT2D eigenvalue weighted by atomic mass is 9.85. The number of esters is 1. The van der Waals surface area contributed by atoms with E-state index in [9.17, 15) is 19.2 Å². The monoisotopic (exact) mass is 387 g/mol. The molecule has 4 rings (SSSR count). The second-order valence-corrected chi connectivity index (χ2v) is 7.70. The van der Waals surface area contributed by atoms with Gasteiger partial charge in [-0.05, 0) is 49.4 Å². The third-order valence-electron chi connectivity index (χ3n) is 5.74. The minimum atomic E-state index is -1.05. The third kappa shape index (κ3) is 2.88. The number of ketones is 1. The van der Waals surface area contributed by atoms with Crippen molar-refractivity contribution in [1.29, 1.82) is 0 Å². The van der Waals surface area contributed by atoms with E-state index < -0.39 is 18.6 Å². The van der Waals surface area contributed by atoms with Crippen molar-refractivity contribution in [3.63, 3.8) is 0 Å². The zero-order chi connectivity index (χ0) is 19.3. The predicted molar refractivity (Wildman–Crippen MR) is 95.8 cm³/mol. The first-order valence-electron chi connectivity index (χ1n) is 8.89. The number of rotatable bonds is 5. The van der Waals surface area contributed by atoms with Crippen LogP contribution in [-0.4, -0.2) is 41.1 Å². The molecule has 0 spiro atoms. The molecule has 2 amide bonds. The molecule has 2 fully saturated rings. The maximum atomic E-state index is 12.7. The highest BCUT2D eigenvalue weighted by molar-refractivity contribution is 6.30. The Kier molecular flexibility index (Phi) is 4.38. The number of imide groups is 1. The number of hydrogen-bond donors (Lipinski definition) is 0. The van der Waals surface area contributed by atoms with E-state index in [1.165, 1.54) is 6.92 Å². The molecule has 6 nitrogen and oxygen atoms in total. The molecule has 5 atom stereocenters. The molecule has 0 aromatic heterocycles. The van der Waals surface area contributed by atoms with Crippen molar-refractivity contribution in [2.45, 2.75) is 19.4 Å². The first kappa shape index (κ1) is 17.9. The van der Waals surface area contributed by atoms with E-state index in [2.05, 4.69) is 0 Å². The lowest BCUT2D eigenvalue weighted by Gasteiger charge is -2.23. The summed E-state index contributed by atoms with van der Waals surface area (Å²) in [6.07, 6.45) is 4.82. The van der Waals surface area contributed by atoms with Gasteiger partial charge in [-0.3, -0.25) is 19.3 Å². The normalized spacial score (nSPS) is 29.2. The summed E-state index contributed by atoms with van der Waals surface area (Å²) in [5.74, 6) is -2.33. The van der Waals surface area contributed by atoms with Crippen LogP contribution < -0.4 is 0 Å². The Labute approximate surface area is 161 Å². The molecule has 1 aromatic rings. The van der Waals surface area contributed by atoms with Crippen LogP contribution in [-0.2, 0) is 19.1 Å². The van der Waals surface area contributed by atoms with Crippen LogP contribution in [0.1, 0.15) is 23.7 Å². The lowest BCUT2D eigenvalue weighted by Crippen LogP contribution is -2.45. The number of likely N-dealkylation sites (tertiary alicyclic amines) is 1. The fourth-order valence-electron chi connectivity index (χ4n) is 4.39. The van der Waals surface area contributed by atoms with Gasteiger partial charge in [0.05, 0.1) is 11.8 Å². The van der Waals surface area contributed by atoms with E-state index >= 15 is 0 Å². The molecule has 0 unspecified atom stereocenters. The SMILES string of the molecule is C[C@@H](C(=O)OCC(=O)c1ccc(Cl)cc1)N1C(=O)[C@@H]2[C@H](C1=O)[C@H]1C=C[C@@H]2C1. The molecule has 7 heteroatoms. The van der Waals surface area contributed by atoms with Crippen LogP contribution >= 0.6 is 11.6 Å². The Bertz CT molecular complexity index is 832. The Balaban J connectivity index is 1.39. The minimum Gasteiger partial charge on any atom is -0.456 e. The Morgan fingerprint density at radius 1 is 1.11 bits per heavy atom. The van der Waals surface area contributed by atoms with Gasteiger partial charge in [0, 0.05) is 10.6 Å². The molecule has 27 heavy (non-hydrogen) atoms. The summed E-state index contributed by atoms with van der Waals surface area (Å²) in [5.41, 5.74) is 0.366. The summed E-state index contributed by atoms with van der Waals surface area (Å²) in [7, 11) is 0. The number of benzene rings is 1. The fourth-order valence-corrected chi connectivity index (χ4v) is 4.51. The second-order valence-electron chi connectivity index (χ2n) is 7.26. The van der Waals surface area contributed by atoms with Crippen LogP contribution in [0.2, 0.25) is 5.02 Å². The molecule has 1 saturated carbocycles. The molecule has 0 radical (unpaired) electrons. The maximum Gasteiger partial charge on any atom is 0.329 e. The average Bonchev–Trinajstić information content (AvgIpc) is 3.33. The quantitative estimate of drug-likeness (QED) is 0.335. The molecule has 1 saturated heterocycles. The third-order valence-corrected chi connectivity index (χ3v) is 6.00. The number of Topliss-reactive ketones (excluding diaryl/α,β-unsaturated/α-hetero) is 1. The van der Waals surface area contributed by atoms with Gasteiger partial charge in [0.15, 0.2) is 12.4 Å². The van der Waals surface area contributed by atoms with Gasteiger partial charge < -0.3 is 4.74 Å². The largest absolute Gasteiger partial charge is 0.456 e. The number of fused-ring (bicyclic) bond motifs is 5. The molecule has 140 valence electrons. The minimum absolute atomic E-state index is 0.0798. The number of carbonyl (C=O) groups excluding carboxylic acids is 4. The van der Waals surface area contributed by atoms with Crippen molar-refractivity contribution >= 4 is 35.2 Å². The zero-order valence-corrected chi connectivity index (χ0v) is 15.4. The zero-order valence-electron chi connectivity index (χ0n) is 14.6. The summed E-state index contributed by atoms with van der Waals surface area (Å²) in [6, 6.07) is 5.18. The molecule has 0 N–H and O–H groups in total. The lowest BCUT2D eigenvalue weighted by molar-refractivity contribution is -0.157. The van der Waals surface area contributed by atoms with E-state index in [1.807, 2.05) is 12.2 Å². The number of hydrogen-bond acceptors (Lipinski definition) is 5. The summed E-state index contributed by atoms with van der Waals surface area (Å²) >= 11 is 5.78. The number of amides is 2. The molecule has 2 aliphatic carbocycles. The predicted octanol–water partition coefficient (Wildman–Crippen LogP) is 2.26. The maximum absolute atomic E-state index is 12.7. The van der Waals surface area contributed by atoms with Crippen molar-refractivity contribution in [2.24, 2.45) is 23.7 Å². The molecular weight excluding hydrogens is 370 g/mol. The van der Waals surface area contributed by atoms with E-state index in [0.717, 1.165) is 11.3 Å². The van der Waals surface area contributed by atoms with Gasteiger partial charge >= 0.3 is 5.97 Å². The van der Waals surface area contributed by atoms with Crippen LogP contribution in [0.25, 0.3) is 0 Å². The molecule has 2 bridgehead atoms. The molecule has 1 aliphatic heterocycles. The molecule has 1 aromatic carbocycles. The van der Waals surface area contributed by atoms with E-state index in [0.29, 0.717) is 10.6 Å². The summed E-state index contributed by atoms with van der Waals surface area (Å²) in [4.78, 5) is 50.9. The van der Waals surface area contributed by atoms with Gasteiger partial charge in [-0.15, -0.1) is 0 Å². The van der Waals surface area contributed by atoms with Crippen LogP contribution in [0.15, 0.2) is 36.4 Å². The fraction of sp³-hybridized carbons (Fsp3) is 0.400. The van der Waals surface area contributed by atoms with Crippen molar-refractivity contribution < 1.29 is 23.9 Å². The number of halogens is 1. The van der Waals surface area contributed by atoms with Crippen LogP contribution in [0.3, 0.4) is 0 Å².